The first-order valence-electron chi connectivity index (χ1n) is 9.78. The van der Waals surface area contributed by atoms with Gasteiger partial charge in [-0.05, 0) is 75.1 Å². The zero-order chi connectivity index (χ0) is 18.8. The van der Waals surface area contributed by atoms with Crippen LogP contribution in [-0.4, -0.2) is 48.1 Å². The van der Waals surface area contributed by atoms with E-state index in [4.69, 9.17) is 0 Å². The number of benzene rings is 2. The fourth-order valence-electron chi connectivity index (χ4n) is 4.09. The number of likely N-dealkylation sites (tertiary alicyclic amines) is 1. The zero-order valence-corrected chi connectivity index (χ0v) is 16.1. The predicted octanol–water partition coefficient (Wildman–Crippen LogP) is 4.08. The highest BCUT2D eigenvalue weighted by atomic mass is 19.1. The number of imidazole rings is 1. The fraction of sp³-hybridized carbons (Fsp3) is 0.409. The van der Waals surface area contributed by atoms with E-state index in [-0.39, 0.29) is 5.82 Å². The second-order valence-electron chi connectivity index (χ2n) is 7.52. The van der Waals surface area contributed by atoms with Crippen LogP contribution < -0.4 is 5.32 Å². The van der Waals surface area contributed by atoms with E-state index in [2.05, 4.69) is 39.2 Å². The van der Waals surface area contributed by atoms with Crippen molar-refractivity contribution in [3.8, 4) is 11.4 Å². The molecule has 1 aliphatic rings. The maximum Gasteiger partial charge on any atom is 0.141 e. The Labute approximate surface area is 159 Å². The Morgan fingerprint density at radius 2 is 2.00 bits per heavy atom. The summed E-state index contributed by atoms with van der Waals surface area (Å²) in [6.45, 7) is 6.55. The van der Waals surface area contributed by atoms with Gasteiger partial charge in [0.25, 0.3) is 0 Å². The highest BCUT2D eigenvalue weighted by molar-refractivity contribution is 5.83. The highest BCUT2D eigenvalue weighted by Crippen LogP contribution is 2.32. The van der Waals surface area contributed by atoms with Crippen LogP contribution in [0.1, 0.15) is 29.9 Å². The number of piperidine rings is 1. The Bertz CT molecular complexity index is 925. The largest absolute Gasteiger partial charge is 0.338 e. The molecule has 0 spiro atoms. The van der Waals surface area contributed by atoms with E-state index in [1.54, 1.807) is 12.1 Å². The molecule has 142 valence electrons. The number of aryl methyl sites for hydroxylation is 1. The Balaban J connectivity index is 1.58. The number of hydrogen-bond donors (Lipinski definition) is 2. The third-order valence-electron chi connectivity index (χ3n) is 5.67. The van der Waals surface area contributed by atoms with Gasteiger partial charge < -0.3 is 15.2 Å². The van der Waals surface area contributed by atoms with Gasteiger partial charge >= 0.3 is 0 Å². The first-order valence-corrected chi connectivity index (χ1v) is 9.78. The van der Waals surface area contributed by atoms with E-state index in [1.807, 2.05) is 13.1 Å². The van der Waals surface area contributed by atoms with Gasteiger partial charge in [0.2, 0.25) is 0 Å². The molecule has 4 nitrogen and oxygen atoms in total. The number of H-pyrrole nitrogens is 1. The van der Waals surface area contributed by atoms with Gasteiger partial charge in [-0.15, -0.1) is 0 Å². The van der Waals surface area contributed by atoms with Crippen LogP contribution in [0.5, 0.6) is 0 Å². The van der Waals surface area contributed by atoms with Crippen LogP contribution in [0.15, 0.2) is 36.4 Å². The van der Waals surface area contributed by atoms with Crippen LogP contribution in [0.2, 0.25) is 0 Å². The summed E-state index contributed by atoms with van der Waals surface area (Å²) in [6, 6.07) is 11.3. The molecule has 1 fully saturated rings. The Morgan fingerprint density at radius 3 is 2.74 bits per heavy atom. The summed E-state index contributed by atoms with van der Waals surface area (Å²) in [6.07, 6.45) is 2.37. The van der Waals surface area contributed by atoms with Crippen molar-refractivity contribution in [2.24, 2.45) is 0 Å². The number of likely N-dealkylation sites (N-methyl/N-ethyl adjacent to an activating group) is 1. The number of fused-ring (bicyclic) bond motifs is 1. The summed E-state index contributed by atoms with van der Waals surface area (Å²) in [5, 5.41) is 3.23. The van der Waals surface area contributed by atoms with Gasteiger partial charge in [-0.3, -0.25) is 0 Å². The van der Waals surface area contributed by atoms with Crippen LogP contribution in [0, 0.1) is 12.7 Å². The first-order chi connectivity index (χ1) is 13.2. The maximum absolute atomic E-state index is 14.1. The van der Waals surface area contributed by atoms with E-state index < -0.39 is 0 Å². The molecule has 2 heterocycles. The normalized spacial score (nSPS) is 16.3. The molecule has 0 amide bonds. The molecule has 3 aromatic rings. The van der Waals surface area contributed by atoms with Crippen molar-refractivity contribution in [1.29, 1.82) is 0 Å². The van der Waals surface area contributed by atoms with Gasteiger partial charge in [-0.2, -0.15) is 0 Å². The van der Waals surface area contributed by atoms with E-state index in [1.165, 1.54) is 24.5 Å². The lowest BCUT2D eigenvalue weighted by Gasteiger charge is -2.32. The second-order valence-corrected chi connectivity index (χ2v) is 7.52. The third kappa shape index (κ3) is 3.75. The van der Waals surface area contributed by atoms with Crippen molar-refractivity contribution in [1.82, 2.24) is 20.2 Å². The van der Waals surface area contributed by atoms with Crippen LogP contribution in [0.4, 0.5) is 4.39 Å². The minimum atomic E-state index is -0.247. The molecule has 0 aliphatic carbocycles. The Kier molecular flexibility index (Phi) is 5.23. The molecule has 0 bridgehead atoms. The number of rotatable bonds is 5. The number of aromatic nitrogens is 2. The summed E-state index contributed by atoms with van der Waals surface area (Å²) in [7, 11) is 2.00. The summed E-state index contributed by atoms with van der Waals surface area (Å²) >= 11 is 0. The highest BCUT2D eigenvalue weighted by Gasteiger charge is 2.21. The molecule has 4 rings (SSSR count). The van der Waals surface area contributed by atoms with Gasteiger partial charge in [-0.1, -0.05) is 18.2 Å². The minimum Gasteiger partial charge on any atom is -0.338 e. The number of nitrogens with one attached hydrogen (secondary N) is 2. The van der Waals surface area contributed by atoms with Crippen molar-refractivity contribution in [3.05, 3.63) is 53.3 Å². The van der Waals surface area contributed by atoms with Crippen molar-refractivity contribution in [3.63, 3.8) is 0 Å². The first kappa shape index (κ1) is 18.1. The van der Waals surface area contributed by atoms with E-state index in [9.17, 15) is 4.39 Å². The SMILES string of the molecule is CNCCN1CCC(c2cc(C)c3nc(-c4ccccc4F)[nH]c3c2)CC1. The van der Waals surface area contributed by atoms with Crippen molar-refractivity contribution < 1.29 is 4.39 Å². The molecule has 0 saturated carbocycles. The van der Waals surface area contributed by atoms with Gasteiger partial charge in [0.05, 0.1) is 16.6 Å². The zero-order valence-electron chi connectivity index (χ0n) is 16.1. The van der Waals surface area contributed by atoms with Crippen LogP contribution in [-0.2, 0) is 0 Å². The van der Waals surface area contributed by atoms with Gasteiger partial charge in [-0.25, -0.2) is 9.37 Å². The summed E-state index contributed by atoms with van der Waals surface area (Å²) in [5.74, 6) is 0.938. The van der Waals surface area contributed by atoms with Gasteiger partial charge in [0, 0.05) is 13.1 Å². The molecule has 2 aromatic carbocycles. The van der Waals surface area contributed by atoms with Crippen LogP contribution >= 0.6 is 0 Å². The predicted molar refractivity (Wildman–Crippen MR) is 109 cm³/mol. The number of aromatic amines is 1. The lowest BCUT2D eigenvalue weighted by Crippen LogP contribution is -2.37. The van der Waals surface area contributed by atoms with Gasteiger partial charge in [0.1, 0.15) is 11.6 Å². The van der Waals surface area contributed by atoms with E-state index in [0.29, 0.717) is 17.3 Å². The molecule has 0 atom stereocenters. The van der Waals surface area contributed by atoms with E-state index >= 15 is 0 Å². The van der Waals surface area contributed by atoms with Crippen molar-refractivity contribution in [2.75, 3.05) is 33.2 Å². The van der Waals surface area contributed by atoms with Gasteiger partial charge in [0.15, 0.2) is 0 Å². The quantitative estimate of drug-likeness (QED) is 0.715. The average molecular weight is 366 g/mol. The lowest BCUT2D eigenvalue weighted by atomic mass is 9.88. The summed E-state index contributed by atoms with van der Waals surface area (Å²) in [4.78, 5) is 10.5. The fourth-order valence-corrected chi connectivity index (χ4v) is 4.09. The number of nitrogens with zero attached hydrogens (tertiary/aromatic N) is 2. The summed E-state index contributed by atoms with van der Waals surface area (Å²) in [5.41, 5.74) is 4.98. The molecule has 1 saturated heterocycles. The molecule has 1 aliphatic heterocycles. The molecule has 0 unspecified atom stereocenters. The molecule has 1 aromatic heterocycles. The molecule has 27 heavy (non-hydrogen) atoms. The van der Waals surface area contributed by atoms with E-state index in [0.717, 1.165) is 42.8 Å². The standard InChI is InChI=1S/C22H27FN4/c1-15-13-17(16-7-10-27(11-8-16)12-9-24-2)14-20-21(15)26-22(25-20)18-5-3-4-6-19(18)23/h3-6,13-14,16,24H,7-12H2,1-2H3,(H,25,26). The molecule has 0 radical (unpaired) electrons. The molecular formula is C22H27FN4. The monoisotopic (exact) mass is 366 g/mol. The lowest BCUT2D eigenvalue weighted by molar-refractivity contribution is 0.214. The van der Waals surface area contributed by atoms with Crippen molar-refractivity contribution in [2.45, 2.75) is 25.7 Å². The van der Waals surface area contributed by atoms with Crippen LogP contribution in [0.3, 0.4) is 0 Å². The topological polar surface area (TPSA) is 44.0 Å². The van der Waals surface area contributed by atoms with Crippen LogP contribution in [0.25, 0.3) is 22.4 Å². The average Bonchev–Trinajstić information content (AvgIpc) is 3.11. The number of hydrogen-bond acceptors (Lipinski definition) is 3. The smallest absolute Gasteiger partial charge is 0.141 e. The molecule has 5 heteroatoms. The molecule has 2 N–H and O–H groups in total. The summed E-state index contributed by atoms with van der Waals surface area (Å²) < 4.78 is 14.1. The minimum absolute atomic E-state index is 0.247. The Morgan fingerprint density at radius 1 is 1.22 bits per heavy atom. The number of halogens is 1. The third-order valence-corrected chi connectivity index (χ3v) is 5.67. The molecular weight excluding hydrogens is 339 g/mol. The Hall–Kier alpha value is -2.24. The maximum atomic E-state index is 14.1. The van der Waals surface area contributed by atoms with Crippen molar-refractivity contribution >= 4 is 11.0 Å². The second kappa shape index (κ2) is 7.79.